The average molecular weight is 795 g/mol. The van der Waals surface area contributed by atoms with E-state index >= 15 is 0 Å². The fourth-order valence-corrected chi connectivity index (χ4v) is 10.5. The lowest BCUT2D eigenvalue weighted by Crippen LogP contribution is -2.09. The molecule has 0 aliphatic heterocycles. The normalized spacial score (nSPS) is 11.6. The molecular formula is C58H38N2S. The van der Waals surface area contributed by atoms with E-state index in [-0.39, 0.29) is 0 Å². The summed E-state index contributed by atoms with van der Waals surface area (Å²) < 4.78 is 5.02. The van der Waals surface area contributed by atoms with Gasteiger partial charge in [-0.3, -0.25) is 0 Å². The van der Waals surface area contributed by atoms with Gasteiger partial charge in [0.15, 0.2) is 0 Å². The van der Waals surface area contributed by atoms with Crippen LogP contribution in [0, 0.1) is 0 Å². The topological polar surface area (TPSA) is 8.17 Å². The summed E-state index contributed by atoms with van der Waals surface area (Å²) in [6, 6.07) is 84.2. The van der Waals surface area contributed by atoms with E-state index < -0.39 is 0 Å². The number of nitrogens with zero attached hydrogens (tertiary/aromatic N) is 2. The number of rotatable bonds is 7. The Morgan fingerprint density at radius 3 is 1.57 bits per heavy atom. The lowest BCUT2D eigenvalue weighted by Gasteiger charge is -2.26. The number of thiophene rings is 1. The Morgan fingerprint density at radius 2 is 0.836 bits per heavy atom. The Morgan fingerprint density at radius 1 is 0.311 bits per heavy atom. The molecule has 0 atom stereocenters. The lowest BCUT2D eigenvalue weighted by molar-refractivity contribution is 1.18. The van der Waals surface area contributed by atoms with Crippen molar-refractivity contribution >= 4 is 81.1 Å². The molecule has 0 saturated carbocycles. The lowest BCUT2D eigenvalue weighted by atomic mass is 9.93. The molecule has 3 heteroatoms. The van der Waals surface area contributed by atoms with Gasteiger partial charge in [0.2, 0.25) is 0 Å². The van der Waals surface area contributed by atoms with Gasteiger partial charge in [-0.25, -0.2) is 0 Å². The van der Waals surface area contributed by atoms with E-state index in [1.54, 1.807) is 0 Å². The van der Waals surface area contributed by atoms with E-state index in [2.05, 4.69) is 240 Å². The first-order valence-electron chi connectivity index (χ1n) is 20.8. The Labute approximate surface area is 358 Å². The summed E-state index contributed by atoms with van der Waals surface area (Å²) in [6.07, 6.45) is 0. The highest BCUT2D eigenvalue weighted by molar-refractivity contribution is 7.25. The first kappa shape index (κ1) is 35.2. The molecule has 0 radical (unpaired) electrons. The van der Waals surface area contributed by atoms with Gasteiger partial charge in [0, 0.05) is 53.6 Å². The Hall–Kier alpha value is -7.72. The summed E-state index contributed by atoms with van der Waals surface area (Å²) in [7, 11) is 0. The van der Waals surface area contributed by atoms with Crippen LogP contribution in [0.15, 0.2) is 231 Å². The zero-order valence-electron chi connectivity index (χ0n) is 33.2. The molecule has 0 N–H and O–H groups in total. The van der Waals surface area contributed by atoms with Crippen molar-refractivity contribution in [1.29, 1.82) is 0 Å². The third kappa shape index (κ3) is 6.01. The maximum atomic E-state index is 2.43. The molecule has 61 heavy (non-hydrogen) atoms. The minimum Gasteiger partial charge on any atom is -0.310 e. The van der Waals surface area contributed by atoms with Crippen LogP contribution in [0.25, 0.3) is 91.8 Å². The third-order valence-electron chi connectivity index (χ3n) is 12.2. The maximum absolute atomic E-state index is 2.43. The van der Waals surface area contributed by atoms with Crippen molar-refractivity contribution in [2.75, 3.05) is 4.90 Å². The van der Waals surface area contributed by atoms with Gasteiger partial charge in [0.25, 0.3) is 0 Å². The van der Waals surface area contributed by atoms with Crippen molar-refractivity contribution in [3.8, 4) is 39.1 Å². The van der Waals surface area contributed by atoms with E-state index in [0.29, 0.717) is 0 Å². The summed E-state index contributed by atoms with van der Waals surface area (Å²) in [4.78, 5) is 2.39. The van der Waals surface area contributed by atoms with Crippen LogP contribution >= 0.6 is 11.3 Å². The summed E-state index contributed by atoms with van der Waals surface area (Å²) in [5, 5.41) is 7.63. The highest BCUT2D eigenvalue weighted by atomic mass is 32.1. The molecule has 0 amide bonds. The molecule has 10 aromatic carbocycles. The number of benzene rings is 10. The molecule has 0 unspecified atom stereocenters. The van der Waals surface area contributed by atoms with Crippen LogP contribution < -0.4 is 4.90 Å². The number of fused-ring (bicyclic) bond motifs is 7. The first-order valence-corrected chi connectivity index (χ1v) is 21.6. The van der Waals surface area contributed by atoms with Crippen LogP contribution in [0.3, 0.4) is 0 Å². The fraction of sp³-hybridized carbons (Fsp3) is 0. The highest BCUT2D eigenvalue weighted by Gasteiger charge is 2.19. The van der Waals surface area contributed by atoms with Gasteiger partial charge in [-0.1, -0.05) is 164 Å². The van der Waals surface area contributed by atoms with Crippen LogP contribution in [0.5, 0.6) is 0 Å². The number of aromatic nitrogens is 1. The number of para-hydroxylation sites is 3. The highest BCUT2D eigenvalue weighted by Crippen LogP contribution is 2.43. The number of anilines is 3. The van der Waals surface area contributed by atoms with Crippen LogP contribution in [0.1, 0.15) is 0 Å². The first-order chi connectivity index (χ1) is 30.2. The van der Waals surface area contributed by atoms with Gasteiger partial charge in [-0.05, 0) is 105 Å². The van der Waals surface area contributed by atoms with E-state index in [9.17, 15) is 0 Å². The summed E-state index contributed by atoms with van der Waals surface area (Å²) in [5.74, 6) is 0. The van der Waals surface area contributed by atoms with Crippen molar-refractivity contribution in [2.45, 2.75) is 0 Å². The largest absolute Gasteiger partial charge is 0.310 e. The predicted octanol–water partition coefficient (Wildman–Crippen LogP) is 16.8. The predicted molar refractivity (Wildman–Crippen MR) is 262 cm³/mol. The standard InChI is InChI=1S/C58H38N2S/c1-2-14-42-37-43(26-25-39(42)13-1)40-27-31-44(32-28-40)59(46-35-36-53-52-20-8-12-24-57(52)61-58(53)38-46)45-33-29-41(30-34-45)47-15-3-4-16-48(47)49-17-5-9-21-54(49)60-55-22-10-6-18-50(55)51-19-7-11-23-56(51)60/h1-38H. The number of hydrogen-bond acceptors (Lipinski definition) is 2. The second kappa shape index (κ2) is 14.5. The summed E-state index contributed by atoms with van der Waals surface area (Å²) in [6.45, 7) is 0. The van der Waals surface area contributed by atoms with Gasteiger partial charge < -0.3 is 9.47 Å². The molecule has 2 heterocycles. The molecule has 0 saturated heterocycles. The third-order valence-corrected chi connectivity index (χ3v) is 13.3. The van der Waals surface area contributed by atoms with Gasteiger partial charge >= 0.3 is 0 Å². The van der Waals surface area contributed by atoms with E-state index in [0.717, 1.165) is 17.1 Å². The van der Waals surface area contributed by atoms with Crippen LogP contribution in [0.2, 0.25) is 0 Å². The van der Waals surface area contributed by atoms with Crippen LogP contribution in [-0.4, -0.2) is 4.57 Å². The molecule has 12 aromatic rings. The Balaban J connectivity index is 0.961. The molecule has 2 aromatic heterocycles. The number of hydrogen-bond donors (Lipinski definition) is 0. The molecule has 12 rings (SSSR count). The van der Waals surface area contributed by atoms with Crippen molar-refractivity contribution in [3.63, 3.8) is 0 Å². The molecule has 0 fully saturated rings. The minimum atomic E-state index is 1.10. The molecule has 0 spiro atoms. The molecule has 2 nitrogen and oxygen atoms in total. The van der Waals surface area contributed by atoms with Crippen LogP contribution in [-0.2, 0) is 0 Å². The monoisotopic (exact) mass is 794 g/mol. The second-order valence-corrected chi connectivity index (χ2v) is 16.8. The van der Waals surface area contributed by atoms with Crippen molar-refractivity contribution in [1.82, 2.24) is 4.57 Å². The van der Waals surface area contributed by atoms with Crippen molar-refractivity contribution < 1.29 is 0 Å². The Bertz CT molecular complexity index is 3540. The molecule has 286 valence electrons. The molecule has 0 aliphatic rings. The smallest absolute Gasteiger partial charge is 0.0541 e. The minimum absolute atomic E-state index is 1.10. The fourth-order valence-electron chi connectivity index (χ4n) is 9.31. The van der Waals surface area contributed by atoms with Crippen molar-refractivity contribution in [2.24, 2.45) is 0 Å². The van der Waals surface area contributed by atoms with Gasteiger partial charge in [0.05, 0.1) is 16.7 Å². The van der Waals surface area contributed by atoms with Gasteiger partial charge in [0.1, 0.15) is 0 Å². The van der Waals surface area contributed by atoms with Crippen molar-refractivity contribution in [3.05, 3.63) is 231 Å². The second-order valence-electron chi connectivity index (χ2n) is 15.7. The average Bonchev–Trinajstić information content (AvgIpc) is 3.87. The molecule has 0 bridgehead atoms. The summed E-state index contributed by atoms with van der Waals surface area (Å²) >= 11 is 1.86. The summed E-state index contributed by atoms with van der Waals surface area (Å²) in [5.41, 5.74) is 14.1. The zero-order valence-corrected chi connectivity index (χ0v) is 34.1. The molecular weight excluding hydrogens is 757 g/mol. The molecule has 0 aliphatic carbocycles. The quantitative estimate of drug-likeness (QED) is 0.156. The van der Waals surface area contributed by atoms with E-state index in [1.165, 1.54) is 91.8 Å². The SMILES string of the molecule is c1ccc(-c2ccccc2-n2c3ccccc3c3ccccc32)c(-c2ccc(N(c3ccc(-c4ccc5ccccc5c4)cc3)c3ccc4c(c3)sc3ccccc34)cc2)c1. The van der Waals surface area contributed by atoms with Gasteiger partial charge in [-0.15, -0.1) is 11.3 Å². The van der Waals surface area contributed by atoms with Crippen LogP contribution in [0.4, 0.5) is 17.1 Å². The van der Waals surface area contributed by atoms with Gasteiger partial charge in [-0.2, -0.15) is 0 Å². The maximum Gasteiger partial charge on any atom is 0.0541 e. The zero-order chi connectivity index (χ0) is 40.3. The Kier molecular flexibility index (Phi) is 8.39. The van der Waals surface area contributed by atoms with E-state index in [1.807, 2.05) is 11.3 Å². The van der Waals surface area contributed by atoms with E-state index in [4.69, 9.17) is 0 Å².